The molecule has 22 heteroatoms. The molecule has 7 fully saturated rings. The van der Waals surface area contributed by atoms with Crippen molar-refractivity contribution in [3.05, 3.63) is 23.3 Å². The van der Waals surface area contributed by atoms with Gasteiger partial charge in [0.15, 0.2) is 25.0 Å². The van der Waals surface area contributed by atoms with Crippen LogP contribution in [-0.4, -0.2) is 204 Å². The van der Waals surface area contributed by atoms with Gasteiger partial charge in [-0.15, -0.1) is 0 Å². The normalized spacial score (nSPS) is 49.9. The van der Waals surface area contributed by atoms with Gasteiger partial charge in [0.2, 0.25) is 0 Å². The number of carbonyl (C=O) groups excluding carboxylic acids is 2. The summed E-state index contributed by atoms with van der Waals surface area (Å²) in [6.45, 7) is 17.6. The summed E-state index contributed by atoms with van der Waals surface area (Å²) < 4.78 is 48.2. The van der Waals surface area contributed by atoms with E-state index in [9.17, 15) is 70.6 Å². The van der Waals surface area contributed by atoms with Crippen LogP contribution in [0.1, 0.15) is 114 Å². The van der Waals surface area contributed by atoms with Gasteiger partial charge in [0, 0.05) is 17.9 Å². The van der Waals surface area contributed by atoms with Crippen LogP contribution in [0.25, 0.3) is 0 Å². The molecule has 8 aliphatic rings. The number of hydrogen-bond donors (Lipinski definition) is 11. The lowest BCUT2D eigenvalue weighted by atomic mass is 9.33. The average Bonchev–Trinajstić information content (AvgIpc) is 3.45. The summed E-state index contributed by atoms with van der Waals surface area (Å²) in [5.41, 5.74) is -2.80. The van der Waals surface area contributed by atoms with Crippen molar-refractivity contribution in [2.75, 3.05) is 19.8 Å². The summed E-state index contributed by atoms with van der Waals surface area (Å²) in [6.07, 6.45) is -21.8. The average molecular weight is 1090 g/mol. The quantitative estimate of drug-likeness (QED) is 0.0543. The maximum atomic E-state index is 13.4. The van der Waals surface area contributed by atoms with E-state index in [2.05, 4.69) is 40.7 Å². The number of carboxylic acid groups (broad SMARTS) is 1. The van der Waals surface area contributed by atoms with Crippen molar-refractivity contribution in [1.82, 2.24) is 0 Å². The topological polar surface area (TPSA) is 348 Å². The van der Waals surface area contributed by atoms with Gasteiger partial charge < -0.3 is 94.1 Å². The molecule has 22 nitrogen and oxygen atoms in total. The number of carboxylic acids is 1. The zero-order valence-corrected chi connectivity index (χ0v) is 45.3. The molecule has 0 amide bonds. The van der Waals surface area contributed by atoms with E-state index in [1.54, 1.807) is 19.9 Å². The van der Waals surface area contributed by atoms with Crippen LogP contribution in [0.2, 0.25) is 0 Å². The molecule has 11 N–H and O–H groups in total. The van der Waals surface area contributed by atoms with Gasteiger partial charge in [-0.1, -0.05) is 66.2 Å². The first kappa shape index (κ1) is 59.4. The molecular formula is C54H84O22. The fourth-order valence-electron chi connectivity index (χ4n) is 15.9. The molecule has 4 saturated carbocycles. The van der Waals surface area contributed by atoms with Crippen molar-refractivity contribution in [3.63, 3.8) is 0 Å². The van der Waals surface area contributed by atoms with Gasteiger partial charge in [-0.05, 0) is 98.2 Å². The predicted octanol–water partition coefficient (Wildman–Crippen LogP) is 0.346. The molecule has 3 saturated heterocycles. The SMILES string of the molecule is C/C=C(/C)C(=O)O[C@H]1[C@H](OC(C)=O)[C@]2(CO)[C@H](O)C[C@]3(C)C(=CCC4[C@@]5(C)CC[C@H](O[C@@H]6O[C@H](C(=O)O)[C@@H](O[C@@H]7O[C@H](CO)[C@@H](O)[C@H](O)[C@H]7O)[C@H](O)[C@H]6O[C@@H]6OC[C@@H](O)[C@H](O)[C@H]6O)C(C)(C)C5CC[C@]43C)[C@@H]2CC1(C)C. The van der Waals surface area contributed by atoms with Gasteiger partial charge in [0.1, 0.15) is 73.2 Å². The molecule has 0 spiro atoms. The highest BCUT2D eigenvalue weighted by atomic mass is 16.8. The van der Waals surface area contributed by atoms with Crippen LogP contribution in [-0.2, 0) is 52.3 Å². The fraction of sp³-hybridized carbons (Fsp3) is 0.870. The van der Waals surface area contributed by atoms with Crippen molar-refractivity contribution < 1.29 is 108 Å². The predicted molar refractivity (Wildman–Crippen MR) is 262 cm³/mol. The Kier molecular flexibility index (Phi) is 16.6. The minimum Gasteiger partial charge on any atom is -0.479 e. The first-order chi connectivity index (χ1) is 35.4. The van der Waals surface area contributed by atoms with Gasteiger partial charge >= 0.3 is 17.9 Å². The lowest BCUT2D eigenvalue weighted by Gasteiger charge is -2.72. The molecule has 0 bridgehead atoms. The minimum atomic E-state index is -2.05. The number of fused-ring (bicyclic) bond motifs is 7. The van der Waals surface area contributed by atoms with Crippen LogP contribution < -0.4 is 0 Å². The van der Waals surface area contributed by atoms with E-state index < -0.39 is 181 Å². The van der Waals surface area contributed by atoms with E-state index in [4.69, 9.17) is 37.9 Å². The van der Waals surface area contributed by atoms with Crippen LogP contribution in [0.3, 0.4) is 0 Å². The Morgan fingerprint density at radius 3 is 2.00 bits per heavy atom. The van der Waals surface area contributed by atoms with E-state index in [0.29, 0.717) is 44.1 Å². The van der Waals surface area contributed by atoms with E-state index in [-0.39, 0.29) is 23.7 Å². The number of aliphatic hydroxyl groups is 10. The number of aliphatic hydroxyl groups excluding tert-OH is 10. The lowest BCUT2D eigenvalue weighted by molar-refractivity contribution is -0.386. The number of carbonyl (C=O) groups is 3. The number of aliphatic carboxylic acids is 1. The number of hydrogen-bond acceptors (Lipinski definition) is 21. The molecule has 0 aromatic heterocycles. The molecule has 0 radical (unpaired) electrons. The van der Waals surface area contributed by atoms with Gasteiger partial charge in [-0.2, -0.15) is 0 Å². The summed E-state index contributed by atoms with van der Waals surface area (Å²) >= 11 is 0. The Morgan fingerprint density at radius 1 is 0.724 bits per heavy atom. The Morgan fingerprint density at radius 2 is 1.38 bits per heavy atom. The molecule has 2 unspecified atom stereocenters. The summed E-state index contributed by atoms with van der Waals surface area (Å²) in [6, 6.07) is 0. The van der Waals surface area contributed by atoms with Crippen molar-refractivity contribution in [2.45, 2.75) is 225 Å². The van der Waals surface area contributed by atoms with E-state index in [1.165, 1.54) is 6.92 Å². The fourth-order valence-corrected chi connectivity index (χ4v) is 15.9. The largest absolute Gasteiger partial charge is 0.479 e. The Balaban J connectivity index is 1.09. The third kappa shape index (κ3) is 9.42. The van der Waals surface area contributed by atoms with Crippen molar-refractivity contribution >= 4 is 17.9 Å². The molecule has 0 aromatic carbocycles. The number of ether oxygens (including phenoxy) is 8. The maximum absolute atomic E-state index is 13.4. The second kappa shape index (κ2) is 21.3. The first-order valence-electron chi connectivity index (χ1n) is 26.9. The molecule has 3 aliphatic heterocycles. The second-order valence-electron chi connectivity index (χ2n) is 25.2. The number of rotatable bonds is 12. The third-order valence-corrected chi connectivity index (χ3v) is 20.5. The maximum Gasteiger partial charge on any atom is 0.335 e. The zero-order valence-electron chi connectivity index (χ0n) is 45.3. The Hall–Kier alpha value is -2.75. The third-order valence-electron chi connectivity index (χ3n) is 20.5. The van der Waals surface area contributed by atoms with Gasteiger partial charge in [0.25, 0.3) is 0 Å². The van der Waals surface area contributed by atoms with Crippen LogP contribution in [0, 0.1) is 50.2 Å². The van der Waals surface area contributed by atoms with E-state index in [1.807, 2.05) is 13.8 Å². The van der Waals surface area contributed by atoms with Gasteiger partial charge in [-0.3, -0.25) is 4.79 Å². The van der Waals surface area contributed by atoms with E-state index >= 15 is 0 Å². The summed E-state index contributed by atoms with van der Waals surface area (Å²) in [7, 11) is 0. The summed E-state index contributed by atoms with van der Waals surface area (Å²) in [5.74, 6) is -3.30. The molecule has 432 valence electrons. The molecule has 76 heavy (non-hydrogen) atoms. The molecule has 25 atom stereocenters. The highest BCUT2D eigenvalue weighted by Gasteiger charge is 2.74. The minimum absolute atomic E-state index is 0.0380. The van der Waals surface area contributed by atoms with Crippen molar-refractivity contribution in [2.24, 2.45) is 50.2 Å². The van der Waals surface area contributed by atoms with Crippen LogP contribution in [0.15, 0.2) is 23.3 Å². The highest BCUT2D eigenvalue weighted by molar-refractivity contribution is 5.87. The number of allylic oxidation sites excluding steroid dienone is 3. The van der Waals surface area contributed by atoms with Crippen molar-refractivity contribution in [3.8, 4) is 0 Å². The van der Waals surface area contributed by atoms with Crippen LogP contribution in [0.5, 0.6) is 0 Å². The summed E-state index contributed by atoms with van der Waals surface area (Å²) in [4.78, 5) is 39.4. The van der Waals surface area contributed by atoms with Gasteiger partial charge in [-0.25, -0.2) is 9.59 Å². The highest BCUT2D eigenvalue weighted by Crippen LogP contribution is 2.76. The second-order valence-corrected chi connectivity index (χ2v) is 25.2. The zero-order chi connectivity index (χ0) is 56.2. The van der Waals surface area contributed by atoms with E-state index in [0.717, 1.165) is 5.57 Å². The molecule has 3 heterocycles. The monoisotopic (exact) mass is 1080 g/mol. The van der Waals surface area contributed by atoms with Crippen molar-refractivity contribution in [1.29, 1.82) is 0 Å². The van der Waals surface area contributed by atoms with Crippen LogP contribution >= 0.6 is 0 Å². The van der Waals surface area contributed by atoms with Crippen LogP contribution in [0.4, 0.5) is 0 Å². The molecule has 0 aromatic rings. The standard InChI is InChI=1S/C54H84O22/c1-11-23(2)45(68)76-42-43(70-24(3)57)54(22-56)26(18-49(42,4)5)25-12-13-30-51(8)16-15-32(50(6,7)29(51)14-17-52(30,9)53(25,10)19-31(54)59)72-48-40(74-46-36(63)33(60)27(58)21-69-46)38(65)39(41(75-48)44(66)67)73-47-37(64)35(62)34(61)28(20-55)71-47/h11-12,26-43,46-48,55-56,58-65H,13-22H2,1-10H3,(H,66,67)/b23-11-/t26-,27+,28+,29?,30?,31+,32-,33-,34+,35-,36+,37+,38-,39-,40+,41-,42-,43-,46-,47-,48+,51-,52+,53+,54-/m0/s1. The lowest BCUT2D eigenvalue weighted by Crippen LogP contribution is -2.72. The Bertz CT molecular complexity index is 2220. The van der Waals surface area contributed by atoms with Gasteiger partial charge in [0.05, 0.1) is 37.4 Å². The molecule has 5 aliphatic carbocycles. The molecular weight excluding hydrogens is 1000 g/mol. The summed E-state index contributed by atoms with van der Waals surface area (Å²) in [5, 5.41) is 120. The smallest absolute Gasteiger partial charge is 0.335 e. The first-order valence-corrected chi connectivity index (χ1v) is 26.9. The Labute approximate surface area is 443 Å². The number of esters is 2. The molecule has 8 rings (SSSR count).